The average molecular weight is 455 g/mol. The summed E-state index contributed by atoms with van der Waals surface area (Å²) in [5, 5.41) is 4.95. The smallest absolute Gasteiger partial charge is 0.253 e. The van der Waals surface area contributed by atoms with Crippen LogP contribution in [0.3, 0.4) is 0 Å². The minimum absolute atomic E-state index is 0.216. The molecule has 0 aliphatic heterocycles. The second-order valence-electron chi connectivity index (χ2n) is 6.91. The number of nitrogens with one attached hydrogen (secondary N) is 1. The van der Waals surface area contributed by atoms with Crippen LogP contribution in [0, 0.1) is 13.8 Å². The molecule has 0 aliphatic carbocycles. The lowest BCUT2D eigenvalue weighted by Gasteiger charge is -2.09. The zero-order valence-electron chi connectivity index (χ0n) is 17.5. The Morgan fingerprint density at radius 2 is 1.77 bits per heavy atom. The van der Waals surface area contributed by atoms with E-state index in [1.165, 1.54) is 11.8 Å². The van der Waals surface area contributed by atoms with E-state index < -0.39 is 0 Å². The van der Waals surface area contributed by atoms with Crippen LogP contribution >= 0.6 is 23.4 Å². The van der Waals surface area contributed by atoms with Gasteiger partial charge in [0.25, 0.3) is 5.91 Å². The minimum Gasteiger partial charge on any atom is -0.489 e. The fraction of sp³-hybridized carbons (Fsp3) is 0.217. The SMILES string of the molecule is Cc1cc(C)nc(S[C@@H](C)C(=O)N/N=C\c2ccc(OCc3ccc(Cl)cc3)cc2)n1. The monoisotopic (exact) mass is 454 g/mol. The summed E-state index contributed by atoms with van der Waals surface area (Å²) in [4.78, 5) is 21.0. The molecule has 1 N–H and O–H groups in total. The van der Waals surface area contributed by atoms with Gasteiger partial charge in [-0.15, -0.1) is 0 Å². The molecule has 2 aromatic carbocycles. The van der Waals surface area contributed by atoms with E-state index in [2.05, 4.69) is 20.5 Å². The maximum atomic E-state index is 12.3. The standard InChI is InChI=1S/C23H23ClN4O2S/c1-15-12-16(2)27-23(26-15)31-17(3)22(29)28-25-13-18-6-10-21(11-7-18)30-14-19-4-8-20(24)9-5-19/h4-13,17H,14H2,1-3H3,(H,28,29)/b25-13-/t17-/m0/s1. The number of aryl methyl sites for hydroxylation is 2. The molecule has 1 amide bonds. The van der Waals surface area contributed by atoms with Gasteiger partial charge in [-0.05, 0) is 74.4 Å². The Balaban J connectivity index is 1.47. The number of hydrogen-bond donors (Lipinski definition) is 1. The van der Waals surface area contributed by atoms with Crippen LogP contribution in [0.2, 0.25) is 5.02 Å². The van der Waals surface area contributed by atoms with Crippen molar-refractivity contribution in [3.8, 4) is 5.75 Å². The van der Waals surface area contributed by atoms with E-state index in [9.17, 15) is 4.79 Å². The van der Waals surface area contributed by atoms with Gasteiger partial charge in [-0.2, -0.15) is 5.10 Å². The fourth-order valence-electron chi connectivity index (χ4n) is 2.62. The molecule has 0 fully saturated rings. The number of aromatic nitrogens is 2. The average Bonchev–Trinajstić information content (AvgIpc) is 2.73. The highest BCUT2D eigenvalue weighted by molar-refractivity contribution is 8.00. The summed E-state index contributed by atoms with van der Waals surface area (Å²) in [6.07, 6.45) is 1.59. The van der Waals surface area contributed by atoms with Crippen molar-refractivity contribution < 1.29 is 9.53 Å². The van der Waals surface area contributed by atoms with Crippen LogP contribution in [0.4, 0.5) is 0 Å². The Morgan fingerprint density at radius 3 is 2.42 bits per heavy atom. The van der Waals surface area contributed by atoms with Crippen molar-refractivity contribution in [3.63, 3.8) is 0 Å². The van der Waals surface area contributed by atoms with Crippen LogP contribution in [0.1, 0.15) is 29.4 Å². The molecule has 0 spiro atoms. The highest BCUT2D eigenvalue weighted by atomic mass is 35.5. The van der Waals surface area contributed by atoms with Crippen molar-refractivity contribution in [2.45, 2.75) is 37.8 Å². The predicted molar refractivity (Wildman–Crippen MR) is 125 cm³/mol. The molecule has 1 aromatic heterocycles. The largest absolute Gasteiger partial charge is 0.489 e. The van der Waals surface area contributed by atoms with Crippen molar-refractivity contribution in [1.82, 2.24) is 15.4 Å². The molecular formula is C23H23ClN4O2S. The third-order valence-corrected chi connectivity index (χ3v) is 5.41. The number of thioether (sulfide) groups is 1. The number of amides is 1. The first-order valence-corrected chi connectivity index (χ1v) is 10.9. The van der Waals surface area contributed by atoms with Crippen LogP contribution in [0.15, 0.2) is 64.9 Å². The molecule has 0 unspecified atom stereocenters. The van der Waals surface area contributed by atoms with Gasteiger partial charge in [0.15, 0.2) is 5.16 Å². The number of carbonyl (C=O) groups is 1. The molecule has 160 valence electrons. The van der Waals surface area contributed by atoms with E-state index in [1.54, 1.807) is 13.1 Å². The lowest BCUT2D eigenvalue weighted by atomic mass is 10.2. The van der Waals surface area contributed by atoms with E-state index in [-0.39, 0.29) is 11.2 Å². The molecule has 0 saturated heterocycles. The first-order chi connectivity index (χ1) is 14.9. The zero-order chi connectivity index (χ0) is 22.2. The van der Waals surface area contributed by atoms with Gasteiger partial charge in [-0.3, -0.25) is 4.79 Å². The molecule has 0 aliphatic rings. The first kappa shape index (κ1) is 22.8. The van der Waals surface area contributed by atoms with Crippen molar-refractivity contribution in [2.75, 3.05) is 0 Å². The number of halogens is 1. The van der Waals surface area contributed by atoms with Gasteiger partial charge < -0.3 is 4.74 Å². The van der Waals surface area contributed by atoms with Gasteiger partial charge in [0.1, 0.15) is 12.4 Å². The Bertz CT molecular complexity index is 1040. The summed E-state index contributed by atoms with van der Waals surface area (Å²) in [5.74, 6) is 0.529. The second-order valence-corrected chi connectivity index (χ2v) is 8.66. The number of carbonyl (C=O) groups excluding carboxylic acids is 1. The van der Waals surface area contributed by atoms with E-state index in [1.807, 2.05) is 68.4 Å². The van der Waals surface area contributed by atoms with Crippen LogP contribution < -0.4 is 10.2 Å². The number of ether oxygens (including phenoxy) is 1. The third-order valence-electron chi connectivity index (χ3n) is 4.20. The van der Waals surface area contributed by atoms with Crippen molar-refractivity contribution >= 4 is 35.5 Å². The molecule has 6 nitrogen and oxygen atoms in total. The quantitative estimate of drug-likeness (QED) is 0.225. The normalized spacial score (nSPS) is 12.0. The van der Waals surface area contributed by atoms with Crippen LogP contribution in [0.5, 0.6) is 5.75 Å². The molecule has 0 bridgehead atoms. The maximum absolute atomic E-state index is 12.3. The lowest BCUT2D eigenvalue weighted by Crippen LogP contribution is -2.27. The summed E-state index contributed by atoms with van der Waals surface area (Å²) >= 11 is 7.19. The molecular weight excluding hydrogens is 432 g/mol. The first-order valence-electron chi connectivity index (χ1n) is 9.68. The number of hydrogen-bond acceptors (Lipinski definition) is 6. The van der Waals surface area contributed by atoms with Gasteiger partial charge in [0, 0.05) is 16.4 Å². The zero-order valence-corrected chi connectivity index (χ0v) is 19.1. The molecule has 31 heavy (non-hydrogen) atoms. The highest BCUT2D eigenvalue weighted by Gasteiger charge is 2.15. The number of nitrogens with zero attached hydrogens (tertiary/aromatic N) is 3. The Labute approximate surface area is 191 Å². The van der Waals surface area contributed by atoms with Crippen molar-refractivity contribution in [1.29, 1.82) is 0 Å². The van der Waals surface area contributed by atoms with E-state index in [0.29, 0.717) is 16.8 Å². The predicted octanol–water partition coefficient (Wildman–Crippen LogP) is 4.96. The topological polar surface area (TPSA) is 76.5 Å². The van der Waals surface area contributed by atoms with Crippen LogP contribution in [0.25, 0.3) is 0 Å². The summed E-state index contributed by atoms with van der Waals surface area (Å²) in [6, 6.07) is 16.9. The number of benzene rings is 2. The molecule has 1 atom stereocenters. The molecule has 0 radical (unpaired) electrons. The summed E-state index contributed by atoms with van der Waals surface area (Å²) in [7, 11) is 0. The van der Waals surface area contributed by atoms with Crippen LogP contribution in [-0.4, -0.2) is 27.3 Å². The highest BCUT2D eigenvalue weighted by Crippen LogP contribution is 2.20. The molecule has 1 heterocycles. The second kappa shape index (κ2) is 10.9. The Kier molecular flexibility index (Phi) is 8.03. The number of hydrazone groups is 1. The molecule has 3 rings (SSSR count). The van der Waals surface area contributed by atoms with E-state index >= 15 is 0 Å². The van der Waals surface area contributed by atoms with Gasteiger partial charge in [0.05, 0.1) is 11.5 Å². The van der Waals surface area contributed by atoms with Crippen molar-refractivity contribution in [2.24, 2.45) is 5.10 Å². The van der Waals surface area contributed by atoms with E-state index in [4.69, 9.17) is 16.3 Å². The van der Waals surface area contributed by atoms with E-state index in [0.717, 1.165) is 28.3 Å². The van der Waals surface area contributed by atoms with Gasteiger partial charge in [-0.25, -0.2) is 15.4 Å². The Hall–Kier alpha value is -2.90. The lowest BCUT2D eigenvalue weighted by molar-refractivity contribution is -0.120. The summed E-state index contributed by atoms with van der Waals surface area (Å²) in [5.41, 5.74) is 6.19. The maximum Gasteiger partial charge on any atom is 0.253 e. The third kappa shape index (κ3) is 7.38. The van der Waals surface area contributed by atoms with Gasteiger partial charge in [0.2, 0.25) is 0 Å². The summed E-state index contributed by atoms with van der Waals surface area (Å²) in [6.45, 7) is 6.06. The van der Waals surface area contributed by atoms with Crippen LogP contribution in [-0.2, 0) is 11.4 Å². The number of rotatable bonds is 8. The van der Waals surface area contributed by atoms with Gasteiger partial charge in [-0.1, -0.05) is 35.5 Å². The molecule has 0 saturated carbocycles. The molecule has 3 aromatic rings. The fourth-order valence-corrected chi connectivity index (χ4v) is 3.61. The Morgan fingerprint density at radius 1 is 1.13 bits per heavy atom. The summed E-state index contributed by atoms with van der Waals surface area (Å²) < 4.78 is 5.76. The molecule has 8 heteroatoms. The minimum atomic E-state index is -0.373. The van der Waals surface area contributed by atoms with Gasteiger partial charge >= 0.3 is 0 Å². The van der Waals surface area contributed by atoms with Crippen molar-refractivity contribution in [3.05, 3.63) is 82.1 Å².